The van der Waals surface area contributed by atoms with Crippen LogP contribution in [0, 0.1) is 0 Å². The van der Waals surface area contributed by atoms with Gasteiger partial charge in [-0.3, -0.25) is 4.79 Å². The van der Waals surface area contributed by atoms with Gasteiger partial charge < -0.3 is 10.2 Å². The number of nitrogens with zero attached hydrogens (tertiary/aromatic N) is 3. The molecule has 0 saturated carbocycles. The van der Waals surface area contributed by atoms with Gasteiger partial charge in [0.25, 0.3) is 5.91 Å². The zero-order valence-electron chi connectivity index (χ0n) is 11.6. The van der Waals surface area contributed by atoms with Crippen LogP contribution in [0.15, 0.2) is 12.4 Å². The number of nitrogens with one attached hydrogen (secondary N) is 1. The molecule has 0 atom stereocenters. The Morgan fingerprint density at radius 3 is 2.61 bits per heavy atom. The predicted molar refractivity (Wildman–Crippen MR) is 72.7 cm³/mol. The molecule has 18 heavy (non-hydrogen) atoms. The molecular weight excluding hydrogens is 228 g/mol. The largest absolute Gasteiger partial charge is 0.367 e. The number of hydrogen-bond acceptors (Lipinski definition) is 4. The summed E-state index contributed by atoms with van der Waals surface area (Å²) in [5.74, 6) is 0.616. The summed E-state index contributed by atoms with van der Waals surface area (Å²) in [6.45, 7) is 6.91. The van der Waals surface area contributed by atoms with Gasteiger partial charge in [-0.25, -0.2) is 9.97 Å². The molecule has 5 heteroatoms. The lowest BCUT2D eigenvalue weighted by Gasteiger charge is -2.16. The maximum absolute atomic E-state index is 12.0. The van der Waals surface area contributed by atoms with E-state index >= 15 is 0 Å². The number of anilines is 1. The van der Waals surface area contributed by atoms with Gasteiger partial charge in [-0.2, -0.15) is 0 Å². The summed E-state index contributed by atoms with van der Waals surface area (Å²) in [4.78, 5) is 22.0. The van der Waals surface area contributed by atoms with Crippen molar-refractivity contribution >= 4 is 11.7 Å². The molecule has 1 rings (SSSR count). The first-order valence-electron chi connectivity index (χ1n) is 6.38. The number of aromatic nitrogens is 2. The van der Waals surface area contributed by atoms with E-state index in [2.05, 4.69) is 22.2 Å². The lowest BCUT2D eigenvalue weighted by atomic mass is 10.3. The van der Waals surface area contributed by atoms with E-state index in [-0.39, 0.29) is 5.91 Å². The number of carbonyl (C=O) groups excluding carboxylic acids is 1. The number of unbranched alkanes of at least 4 members (excludes halogenated alkanes) is 1. The smallest absolute Gasteiger partial charge is 0.273 e. The highest BCUT2D eigenvalue weighted by atomic mass is 16.2. The molecule has 0 saturated heterocycles. The summed E-state index contributed by atoms with van der Waals surface area (Å²) in [7, 11) is 1.79. The fourth-order valence-corrected chi connectivity index (χ4v) is 1.50. The Hall–Kier alpha value is -1.65. The van der Waals surface area contributed by atoms with E-state index < -0.39 is 0 Å². The van der Waals surface area contributed by atoms with Crippen LogP contribution >= 0.6 is 0 Å². The Bertz CT molecular complexity index is 375. The average molecular weight is 250 g/mol. The predicted octanol–water partition coefficient (Wildman–Crippen LogP) is 2.17. The van der Waals surface area contributed by atoms with E-state index in [0.29, 0.717) is 17.6 Å². The van der Waals surface area contributed by atoms with Crippen molar-refractivity contribution in [3.05, 3.63) is 18.1 Å². The number of carbonyl (C=O) groups is 1. The molecule has 1 amide bonds. The molecule has 1 N–H and O–H groups in total. The second-order valence-corrected chi connectivity index (χ2v) is 4.67. The molecule has 0 fully saturated rings. The molecule has 0 bridgehead atoms. The van der Waals surface area contributed by atoms with Crippen molar-refractivity contribution in [3.8, 4) is 0 Å². The Kier molecular flexibility index (Phi) is 5.55. The van der Waals surface area contributed by atoms with E-state index in [4.69, 9.17) is 0 Å². The van der Waals surface area contributed by atoms with Crippen molar-refractivity contribution in [1.29, 1.82) is 0 Å². The normalized spacial score (nSPS) is 10.5. The fraction of sp³-hybridized carbons (Fsp3) is 0.615. The molecular formula is C13H22N4O. The number of rotatable bonds is 6. The first kappa shape index (κ1) is 14.4. The summed E-state index contributed by atoms with van der Waals surface area (Å²) >= 11 is 0. The van der Waals surface area contributed by atoms with Crippen LogP contribution in [0.2, 0.25) is 0 Å². The van der Waals surface area contributed by atoms with Crippen molar-refractivity contribution < 1.29 is 4.79 Å². The summed E-state index contributed by atoms with van der Waals surface area (Å²) in [6.07, 6.45) is 5.19. The molecule has 1 heterocycles. The van der Waals surface area contributed by atoms with Crippen LogP contribution in [0.4, 0.5) is 5.82 Å². The number of amides is 1. The maximum Gasteiger partial charge on any atom is 0.273 e. The van der Waals surface area contributed by atoms with Gasteiger partial charge in [-0.05, 0) is 20.3 Å². The third-order valence-electron chi connectivity index (χ3n) is 2.50. The van der Waals surface area contributed by atoms with Gasteiger partial charge in [0.1, 0.15) is 11.5 Å². The first-order valence-corrected chi connectivity index (χ1v) is 6.38. The zero-order chi connectivity index (χ0) is 13.5. The maximum atomic E-state index is 12.0. The van der Waals surface area contributed by atoms with Crippen molar-refractivity contribution in [3.63, 3.8) is 0 Å². The lowest BCUT2D eigenvalue weighted by Crippen LogP contribution is -2.28. The summed E-state index contributed by atoms with van der Waals surface area (Å²) in [5, 5.41) is 3.14. The van der Waals surface area contributed by atoms with Gasteiger partial charge in [0.05, 0.1) is 12.4 Å². The van der Waals surface area contributed by atoms with E-state index in [0.717, 1.165) is 19.4 Å². The molecule has 100 valence electrons. The SMILES string of the molecule is CCCCN(C)C(=O)c1cnc(NC(C)C)cn1. The second-order valence-electron chi connectivity index (χ2n) is 4.67. The molecule has 0 aliphatic carbocycles. The first-order chi connectivity index (χ1) is 8.54. The molecule has 0 radical (unpaired) electrons. The molecule has 0 aliphatic heterocycles. The molecule has 0 unspecified atom stereocenters. The molecule has 0 aromatic carbocycles. The second kappa shape index (κ2) is 6.93. The van der Waals surface area contributed by atoms with Crippen LogP contribution in [-0.2, 0) is 0 Å². The number of hydrogen-bond donors (Lipinski definition) is 1. The van der Waals surface area contributed by atoms with Crippen LogP contribution in [0.25, 0.3) is 0 Å². The van der Waals surface area contributed by atoms with Gasteiger partial charge in [0.2, 0.25) is 0 Å². The van der Waals surface area contributed by atoms with Crippen LogP contribution in [0.5, 0.6) is 0 Å². The molecule has 1 aromatic rings. The van der Waals surface area contributed by atoms with Gasteiger partial charge in [-0.1, -0.05) is 13.3 Å². The van der Waals surface area contributed by atoms with Crippen molar-refractivity contribution in [2.45, 2.75) is 39.7 Å². The topological polar surface area (TPSA) is 58.1 Å². The molecule has 5 nitrogen and oxygen atoms in total. The summed E-state index contributed by atoms with van der Waals surface area (Å²) in [6, 6.07) is 0.299. The highest BCUT2D eigenvalue weighted by molar-refractivity contribution is 5.91. The third-order valence-corrected chi connectivity index (χ3v) is 2.50. The zero-order valence-corrected chi connectivity index (χ0v) is 11.6. The highest BCUT2D eigenvalue weighted by Gasteiger charge is 2.13. The van der Waals surface area contributed by atoms with Gasteiger partial charge in [0.15, 0.2) is 0 Å². The van der Waals surface area contributed by atoms with Gasteiger partial charge in [-0.15, -0.1) is 0 Å². The summed E-state index contributed by atoms with van der Waals surface area (Å²) in [5.41, 5.74) is 0.392. The average Bonchev–Trinajstić information content (AvgIpc) is 2.35. The van der Waals surface area contributed by atoms with Crippen LogP contribution in [0.3, 0.4) is 0 Å². The molecule has 0 aliphatic rings. The minimum Gasteiger partial charge on any atom is -0.367 e. The Morgan fingerprint density at radius 2 is 2.11 bits per heavy atom. The minimum atomic E-state index is -0.0768. The fourth-order valence-electron chi connectivity index (χ4n) is 1.50. The van der Waals surface area contributed by atoms with E-state index in [9.17, 15) is 4.79 Å². The van der Waals surface area contributed by atoms with Gasteiger partial charge in [0, 0.05) is 19.6 Å². The van der Waals surface area contributed by atoms with Crippen molar-refractivity contribution in [2.24, 2.45) is 0 Å². The van der Waals surface area contributed by atoms with Crippen LogP contribution in [0.1, 0.15) is 44.1 Å². The summed E-state index contributed by atoms with van der Waals surface area (Å²) < 4.78 is 0. The Labute approximate surface area is 109 Å². The third kappa shape index (κ3) is 4.31. The minimum absolute atomic E-state index is 0.0768. The molecule has 0 spiro atoms. The van der Waals surface area contributed by atoms with Crippen molar-refractivity contribution in [1.82, 2.24) is 14.9 Å². The van der Waals surface area contributed by atoms with E-state index in [1.807, 2.05) is 13.8 Å². The monoisotopic (exact) mass is 250 g/mol. The van der Waals surface area contributed by atoms with Crippen LogP contribution < -0.4 is 5.32 Å². The van der Waals surface area contributed by atoms with Gasteiger partial charge >= 0.3 is 0 Å². The molecule has 1 aromatic heterocycles. The lowest BCUT2D eigenvalue weighted by molar-refractivity contribution is 0.0787. The van der Waals surface area contributed by atoms with E-state index in [1.54, 1.807) is 18.1 Å². The quantitative estimate of drug-likeness (QED) is 0.840. The van der Waals surface area contributed by atoms with Crippen molar-refractivity contribution in [2.75, 3.05) is 18.9 Å². The van der Waals surface area contributed by atoms with Crippen LogP contribution in [-0.4, -0.2) is 40.4 Å². The Balaban J connectivity index is 2.63. The highest BCUT2D eigenvalue weighted by Crippen LogP contribution is 2.05. The Morgan fingerprint density at radius 1 is 1.39 bits per heavy atom. The standard InChI is InChI=1S/C13H22N4O/c1-5-6-7-17(4)13(18)11-8-15-12(9-14-11)16-10(2)3/h8-10H,5-7H2,1-4H3,(H,15,16). The van der Waals surface area contributed by atoms with E-state index in [1.165, 1.54) is 6.20 Å².